The van der Waals surface area contributed by atoms with Crippen LogP contribution in [0.5, 0.6) is 0 Å². The topological polar surface area (TPSA) is 102 Å². The molecule has 0 spiro atoms. The van der Waals surface area contributed by atoms with Crippen LogP contribution in [-0.4, -0.2) is 38.0 Å². The molecule has 0 aromatic carbocycles. The van der Waals surface area contributed by atoms with Crippen molar-refractivity contribution in [2.24, 2.45) is 7.05 Å². The lowest BCUT2D eigenvalue weighted by Crippen LogP contribution is -2.47. The monoisotopic (exact) mass is 391 g/mol. The summed E-state index contributed by atoms with van der Waals surface area (Å²) in [6, 6.07) is 1.57. The standard InChI is InChI=1S/C18H25N5O3S/c1-11-14(9-10-26-11)15-21-22-18(23(15)3)27-12(2)16(24)20-17(25)19-13-7-5-4-6-8-13/h9-10,12-13H,4-8H2,1-3H3,(H2,19,20,24,25)/t12-/m1/s1. The molecule has 8 nitrogen and oxygen atoms in total. The van der Waals surface area contributed by atoms with Crippen LogP contribution < -0.4 is 10.6 Å². The Morgan fingerprint density at radius 2 is 2.04 bits per heavy atom. The summed E-state index contributed by atoms with van der Waals surface area (Å²) < 4.78 is 7.13. The van der Waals surface area contributed by atoms with Gasteiger partial charge in [0.25, 0.3) is 0 Å². The Morgan fingerprint density at radius 1 is 1.30 bits per heavy atom. The van der Waals surface area contributed by atoms with E-state index >= 15 is 0 Å². The molecule has 0 bridgehead atoms. The number of furan rings is 1. The molecule has 2 aromatic heterocycles. The molecule has 2 N–H and O–H groups in total. The number of aryl methyl sites for hydroxylation is 1. The maximum absolute atomic E-state index is 12.3. The zero-order valence-electron chi connectivity index (χ0n) is 15.8. The highest BCUT2D eigenvalue weighted by Gasteiger charge is 2.23. The number of nitrogens with zero attached hydrogens (tertiary/aromatic N) is 3. The number of carbonyl (C=O) groups is 2. The number of rotatable bonds is 5. The van der Waals surface area contributed by atoms with Crippen molar-refractivity contribution in [2.75, 3.05) is 0 Å². The maximum atomic E-state index is 12.3. The van der Waals surface area contributed by atoms with Gasteiger partial charge in [-0.2, -0.15) is 0 Å². The van der Waals surface area contributed by atoms with Crippen molar-refractivity contribution < 1.29 is 14.0 Å². The Labute approximate surface area is 162 Å². The molecule has 0 aliphatic heterocycles. The van der Waals surface area contributed by atoms with Gasteiger partial charge in [-0.05, 0) is 32.8 Å². The summed E-state index contributed by atoms with van der Waals surface area (Å²) >= 11 is 1.26. The van der Waals surface area contributed by atoms with Gasteiger partial charge in [-0.3, -0.25) is 10.1 Å². The van der Waals surface area contributed by atoms with Gasteiger partial charge in [0.05, 0.1) is 17.1 Å². The summed E-state index contributed by atoms with van der Waals surface area (Å²) in [6.45, 7) is 3.60. The van der Waals surface area contributed by atoms with Crippen LogP contribution in [0.15, 0.2) is 21.9 Å². The first-order valence-electron chi connectivity index (χ1n) is 9.17. The molecule has 1 aliphatic rings. The molecule has 0 radical (unpaired) electrons. The molecule has 1 aliphatic carbocycles. The predicted octanol–water partition coefficient (Wildman–Crippen LogP) is 3.02. The van der Waals surface area contributed by atoms with Gasteiger partial charge in [0, 0.05) is 13.1 Å². The molecule has 27 heavy (non-hydrogen) atoms. The van der Waals surface area contributed by atoms with Gasteiger partial charge < -0.3 is 14.3 Å². The number of aromatic nitrogens is 3. The second-order valence-corrected chi connectivity index (χ2v) is 8.12. The smallest absolute Gasteiger partial charge is 0.321 e. The van der Waals surface area contributed by atoms with Crippen molar-refractivity contribution >= 4 is 23.7 Å². The Bertz CT molecular complexity index is 810. The van der Waals surface area contributed by atoms with Crippen molar-refractivity contribution in [1.82, 2.24) is 25.4 Å². The van der Waals surface area contributed by atoms with Gasteiger partial charge in [-0.25, -0.2) is 4.79 Å². The zero-order valence-corrected chi connectivity index (χ0v) is 16.6. The molecule has 0 saturated heterocycles. The number of urea groups is 1. The van der Waals surface area contributed by atoms with Gasteiger partial charge in [0.2, 0.25) is 5.91 Å². The first kappa shape index (κ1) is 19.5. The molecule has 0 unspecified atom stereocenters. The quantitative estimate of drug-likeness (QED) is 0.760. The molecule has 1 saturated carbocycles. The third kappa shape index (κ3) is 4.71. The van der Waals surface area contributed by atoms with Crippen LogP contribution in [0.3, 0.4) is 0 Å². The van der Waals surface area contributed by atoms with Crippen molar-refractivity contribution in [1.29, 1.82) is 0 Å². The fourth-order valence-corrected chi connectivity index (χ4v) is 3.98. The molecule has 2 aromatic rings. The van der Waals surface area contributed by atoms with E-state index in [2.05, 4.69) is 20.8 Å². The van der Waals surface area contributed by atoms with E-state index < -0.39 is 11.3 Å². The molecular formula is C18H25N5O3S. The zero-order chi connectivity index (χ0) is 19.4. The molecule has 1 fully saturated rings. The molecule has 3 rings (SSSR count). The Balaban J connectivity index is 1.56. The third-order valence-electron chi connectivity index (χ3n) is 4.76. The van der Waals surface area contributed by atoms with E-state index in [1.54, 1.807) is 13.2 Å². The van der Waals surface area contributed by atoms with E-state index in [0.717, 1.165) is 37.0 Å². The predicted molar refractivity (Wildman–Crippen MR) is 102 cm³/mol. The van der Waals surface area contributed by atoms with Crippen LogP contribution in [0.1, 0.15) is 44.8 Å². The normalized spacial score (nSPS) is 16.1. The molecular weight excluding hydrogens is 366 g/mol. The van der Waals surface area contributed by atoms with Gasteiger partial charge in [-0.15, -0.1) is 10.2 Å². The minimum Gasteiger partial charge on any atom is -0.469 e. The van der Waals surface area contributed by atoms with E-state index in [-0.39, 0.29) is 11.9 Å². The number of hydrogen-bond donors (Lipinski definition) is 2. The van der Waals surface area contributed by atoms with Crippen LogP contribution in [0.4, 0.5) is 4.79 Å². The average Bonchev–Trinajstić information content (AvgIpc) is 3.21. The number of carbonyl (C=O) groups excluding carboxylic acids is 2. The summed E-state index contributed by atoms with van der Waals surface area (Å²) in [6.07, 6.45) is 7.01. The number of nitrogens with one attached hydrogen (secondary N) is 2. The van der Waals surface area contributed by atoms with Crippen LogP contribution in [0.2, 0.25) is 0 Å². The summed E-state index contributed by atoms with van der Waals surface area (Å²) in [5.41, 5.74) is 0.862. The minimum absolute atomic E-state index is 0.161. The highest BCUT2D eigenvalue weighted by molar-refractivity contribution is 8.00. The summed E-state index contributed by atoms with van der Waals surface area (Å²) in [5, 5.41) is 13.8. The van der Waals surface area contributed by atoms with E-state index in [0.29, 0.717) is 11.0 Å². The van der Waals surface area contributed by atoms with E-state index in [1.165, 1.54) is 18.2 Å². The van der Waals surface area contributed by atoms with Crippen molar-refractivity contribution in [3.63, 3.8) is 0 Å². The molecule has 9 heteroatoms. The van der Waals surface area contributed by atoms with Gasteiger partial charge in [-0.1, -0.05) is 31.0 Å². The van der Waals surface area contributed by atoms with Crippen molar-refractivity contribution in [2.45, 2.75) is 62.4 Å². The first-order chi connectivity index (χ1) is 13.0. The highest BCUT2D eigenvalue weighted by atomic mass is 32.2. The lowest BCUT2D eigenvalue weighted by Gasteiger charge is -2.23. The summed E-state index contributed by atoms with van der Waals surface area (Å²) in [4.78, 5) is 24.4. The Morgan fingerprint density at radius 3 is 2.70 bits per heavy atom. The van der Waals surface area contributed by atoms with Crippen molar-refractivity contribution in [3.8, 4) is 11.4 Å². The SMILES string of the molecule is Cc1occc1-c1nnc(S[C@H](C)C(=O)NC(=O)NC2CCCCC2)n1C. The molecule has 3 amide bonds. The van der Waals surface area contributed by atoms with E-state index in [4.69, 9.17) is 4.42 Å². The molecule has 2 heterocycles. The lowest BCUT2D eigenvalue weighted by atomic mass is 9.96. The molecule has 146 valence electrons. The van der Waals surface area contributed by atoms with Gasteiger partial charge in [0.15, 0.2) is 11.0 Å². The Kier molecular flexibility index (Phi) is 6.20. The largest absolute Gasteiger partial charge is 0.469 e. The number of hydrogen-bond acceptors (Lipinski definition) is 6. The van der Waals surface area contributed by atoms with E-state index in [9.17, 15) is 9.59 Å². The Hall–Kier alpha value is -2.29. The average molecular weight is 391 g/mol. The minimum atomic E-state index is -0.483. The van der Waals surface area contributed by atoms with Crippen LogP contribution in [0.25, 0.3) is 11.4 Å². The maximum Gasteiger partial charge on any atom is 0.321 e. The van der Waals surface area contributed by atoms with Gasteiger partial charge in [0.1, 0.15) is 5.76 Å². The first-order valence-corrected chi connectivity index (χ1v) is 10.1. The fraction of sp³-hybridized carbons (Fsp3) is 0.556. The highest BCUT2D eigenvalue weighted by Crippen LogP contribution is 2.27. The molecule has 1 atom stereocenters. The van der Waals surface area contributed by atoms with Crippen molar-refractivity contribution in [3.05, 3.63) is 18.1 Å². The van der Waals surface area contributed by atoms with Gasteiger partial charge >= 0.3 is 6.03 Å². The second-order valence-electron chi connectivity index (χ2n) is 6.81. The summed E-state index contributed by atoms with van der Waals surface area (Å²) in [5.74, 6) is 1.08. The fourth-order valence-electron chi connectivity index (χ4n) is 3.16. The number of imide groups is 1. The van der Waals surface area contributed by atoms with Crippen LogP contribution in [0, 0.1) is 6.92 Å². The number of amides is 3. The lowest BCUT2D eigenvalue weighted by molar-refractivity contribution is -0.119. The van der Waals surface area contributed by atoms with Crippen LogP contribution in [-0.2, 0) is 11.8 Å². The number of thioether (sulfide) groups is 1. The van der Waals surface area contributed by atoms with E-state index in [1.807, 2.05) is 24.6 Å². The third-order valence-corrected chi connectivity index (χ3v) is 5.90. The second kappa shape index (κ2) is 8.60. The summed E-state index contributed by atoms with van der Waals surface area (Å²) in [7, 11) is 1.84. The van der Waals surface area contributed by atoms with Crippen LogP contribution >= 0.6 is 11.8 Å².